The van der Waals surface area contributed by atoms with Crippen molar-refractivity contribution in [1.29, 1.82) is 0 Å². The molecule has 2 heterocycles. The lowest BCUT2D eigenvalue weighted by Gasteiger charge is -2.07. The van der Waals surface area contributed by atoms with Crippen molar-refractivity contribution in [2.45, 2.75) is 6.92 Å². The number of hydrogen-bond acceptors (Lipinski definition) is 6. The number of aromatic nitrogens is 1. The molecule has 0 spiro atoms. The number of thiophene rings is 1. The maximum Gasteiger partial charge on any atom is 0.338 e. The third-order valence-electron chi connectivity index (χ3n) is 4.09. The fraction of sp³-hybridized carbons (Fsp3) is 0.190. The van der Waals surface area contributed by atoms with Crippen molar-refractivity contribution in [2.24, 2.45) is 0 Å². The van der Waals surface area contributed by atoms with E-state index in [1.165, 1.54) is 18.4 Å². The first-order valence-electron chi connectivity index (χ1n) is 8.77. The summed E-state index contributed by atoms with van der Waals surface area (Å²) in [6.07, 6.45) is 3.31. The van der Waals surface area contributed by atoms with Crippen LogP contribution in [0.2, 0.25) is 5.02 Å². The van der Waals surface area contributed by atoms with Crippen LogP contribution in [0, 0.1) is 6.92 Å². The van der Waals surface area contributed by atoms with Crippen LogP contribution in [-0.2, 0) is 9.47 Å². The summed E-state index contributed by atoms with van der Waals surface area (Å²) in [4.78, 5) is 30.1. The lowest BCUT2D eigenvalue weighted by atomic mass is 10.1. The number of rotatable bonds is 7. The number of esters is 1. The molecule has 1 aromatic carbocycles. The zero-order chi connectivity index (χ0) is 20.8. The van der Waals surface area contributed by atoms with Gasteiger partial charge in [-0.3, -0.25) is 9.78 Å². The van der Waals surface area contributed by atoms with E-state index in [2.05, 4.69) is 10.3 Å². The molecular weight excluding hydrogens is 412 g/mol. The number of anilines is 1. The number of carbonyl (C=O) groups excluding carboxylic acids is 2. The molecule has 0 atom stereocenters. The van der Waals surface area contributed by atoms with Crippen molar-refractivity contribution in [3.05, 3.63) is 69.8 Å². The van der Waals surface area contributed by atoms with Crippen LogP contribution in [-0.4, -0.2) is 37.2 Å². The van der Waals surface area contributed by atoms with Gasteiger partial charge in [0, 0.05) is 40.7 Å². The van der Waals surface area contributed by atoms with Gasteiger partial charge >= 0.3 is 5.97 Å². The van der Waals surface area contributed by atoms with Crippen LogP contribution in [0.15, 0.2) is 48.8 Å². The Kier molecular flexibility index (Phi) is 6.98. The van der Waals surface area contributed by atoms with Crippen molar-refractivity contribution in [3.8, 4) is 10.4 Å². The number of aryl methyl sites for hydroxylation is 1. The molecule has 3 rings (SSSR count). The van der Waals surface area contributed by atoms with Gasteiger partial charge in [-0.1, -0.05) is 11.6 Å². The number of nitrogens with zero attached hydrogens (tertiary/aromatic N) is 1. The first kappa shape index (κ1) is 21.0. The highest BCUT2D eigenvalue weighted by molar-refractivity contribution is 7.17. The molecule has 3 aromatic rings. The fourth-order valence-corrected chi connectivity index (χ4v) is 3.75. The summed E-state index contributed by atoms with van der Waals surface area (Å²) < 4.78 is 10.0. The van der Waals surface area contributed by atoms with Gasteiger partial charge < -0.3 is 14.8 Å². The Morgan fingerprint density at radius 2 is 2.00 bits per heavy atom. The lowest BCUT2D eigenvalue weighted by molar-refractivity contribution is 0.0388. The minimum Gasteiger partial charge on any atom is -0.460 e. The zero-order valence-electron chi connectivity index (χ0n) is 15.9. The number of ether oxygens (including phenoxy) is 2. The first-order chi connectivity index (χ1) is 14.0. The predicted molar refractivity (Wildman–Crippen MR) is 114 cm³/mol. The van der Waals surface area contributed by atoms with Crippen LogP contribution < -0.4 is 5.32 Å². The minimum absolute atomic E-state index is 0.172. The number of pyridine rings is 1. The van der Waals surface area contributed by atoms with Gasteiger partial charge in [-0.05, 0) is 48.9 Å². The topological polar surface area (TPSA) is 77.5 Å². The van der Waals surface area contributed by atoms with Crippen molar-refractivity contribution in [3.63, 3.8) is 0 Å². The molecule has 0 aliphatic carbocycles. The maximum atomic E-state index is 12.6. The van der Waals surface area contributed by atoms with E-state index in [1.54, 1.807) is 48.8 Å². The van der Waals surface area contributed by atoms with E-state index in [4.69, 9.17) is 21.1 Å². The minimum atomic E-state index is -0.456. The molecule has 8 heteroatoms. The van der Waals surface area contributed by atoms with Crippen LogP contribution >= 0.6 is 22.9 Å². The standard InChI is InChI=1S/C21H19ClN2O4S/c1-13-12-23-8-7-17(13)24-20(25)19-6-5-18(29-19)15-11-14(3-4-16(15)22)21(26)28-10-9-27-2/h3-8,11-12H,9-10H2,1-2H3,(H,23,24,25). The molecule has 0 radical (unpaired) electrons. The van der Waals surface area contributed by atoms with E-state index in [0.717, 1.165) is 10.4 Å². The normalized spacial score (nSPS) is 10.6. The molecule has 0 aliphatic rings. The molecule has 0 saturated heterocycles. The third kappa shape index (κ3) is 5.20. The Labute approximate surface area is 177 Å². The molecule has 0 saturated carbocycles. The van der Waals surface area contributed by atoms with Gasteiger partial charge in [-0.2, -0.15) is 0 Å². The number of benzene rings is 1. The van der Waals surface area contributed by atoms with Crippen LogP contribution in [0.25, 0.3) is 10.4 Å². The van der Waals surface area contributed by atoms with Gasteiger partial charge in [0.1, 0.15) is 6.61 Å². The quantitative estimate of drug-likeness (QED) is 0.429. The summed E-state index contributed by atoms with van der Waals surface area (Å²) >= 11 is 7.62. The Hall–Kier alpha value is -2.74. The van der Waals surface area contributed by atoms with E-state index < -0.39 is 5.97 Å². The predicted octanol–water partition coefficient (Wildman–Crippen LogP) is 4.83. The Bertz CT molecular complexity index is 1040. The van der Waals surface area contributed by atoms with Crippen LogP contribution in [0.1, 0.15) is 25.6 Å². The Morgan fingerprint density at radius 1 is 1.17 bits per heavy atom. The zero-order valence-corrected chi connectivity index (χ0v) is 17.5. The summed E-state index contributed by atoms with van der Waals surface area (Å²) in [6.45, 7) is 2.37. The van der Waals surface area contributed by atoms with Gasteiger partial charge in [0.05, 0.1) is 17.0 Å². The molecular formula is C21H19ClN2O4S. The second-order valence-electron chi connectivity index (χ2n) is 6.13. The van der Waals surface area contributed by atoms with E-state index >= 15 is 0 Å². The smallest absolute Gasteiger partial charge is 0.338 e. The van der Waals surface area contributed by atoms with Gasteiger partial charge in [0.2, 0.25) is 0 Å². The van der Waals surface area contributed by atoms with E-state index in [1.807, 2.05) is 6.92 Å². The number of hydrogen-bond donors (Lipinski definition) is 1. The van der Waals surface area contributed by atoms with Crippen molar-refractivity contribution >= 4 is 40.5 Å². The summed E-state index contributed by atoms with van der Waals surface area (Å²) in [5.74, 6) is -0.676. The molecule has 0 unspecified atom stereocenters. The van der Waals surface area contributed by atoms with Gasteiger partial charge in [0.15, 0.2) is 0 Å². The monoisotopic (exact) mass is 430 g/mol. The Morgan fingerprint density at radius 3 is 2.76 bits per heavy atom. The largest absolute Gasteiger partial charge is 0.460 e. The Balaban J connectivity index is 1.79. The van der Waals surface area contributed by atoms with Gasteiger partial charge in [0.25, 0.3) is 5.91 Å². The molecule has 150 valence electrons. The average molecular weight is 431 g/mol. The molecule has 0 aliphatic heterocycles. The summed E-state index contributed by atoms with van der Waals surface area (Å²) in [6, 6.07) is 10.2. The highest BCUT2D eigenvalue weighted by Crippen LogP contribution is 2.34. The second kappa shape index (κ2) is 9.65. The number of nitrogens with one attached hydrogen (secondary N) is 1. The highest BCUT2D eigenvalue weighted by Gasteiger charge is 2.16. The first-order valence-corrected chi connectivity index (χ1v) is 9.97. The summed E-state index contributed by atoms with van der Waals surface area (Å²) in [5, 5.41) is 3.36. The molecule has 6 nitrogen and oxygen atoms in total. The maximum absolute atomic E-state index is 12.6. The lowest BCUT2D eigenvalue weighted by Crippen LogP contribution is -2.11. The average Bonchev–Trinajstić information content (AvgIpc) is 3.20. The van der Waals surface area contributed by atoms with Crippen molar-refractivity contribution in [1.82, 2.24) is 4.98 Å². The SMILES string of the molecule is COCCOC(=O)c1ccc(Cl)c(-c2ccc(C(=O)Nc3ccncc3C)s2)c1. The molecule has 1 amide bonds. The van der Waals surface area contributed by atoms with Gasteiger partial charge in [-0.25, -0.2) is 4.79 Å². The van der Waals surface area contributed by atoms with E-state index in [9.17, 15) is 9.59 Å². The molecule has 0 fully saturated rings. The third-order valence-corrected chi connectivity index (χ3v) is 5.53. The second-order valence-corrected chi connectivity index (χ2v) is 7.62. The number of halogens is 1. The highest BCUT2D eigenvalue weighted by atomic mass is 35.5. The molecule has 1 N–H and O–H groups in total. The number of amides is 1. The van der Waals surface area contributed by atoms with Crippen LogP contribution in [0.4, 0.5) is 5.69 Å². The molecule has 0 bridgehead atoms. The summed E-state index contributed by atoms with van der Waals surface area (Å²) in [7, 11) is 1.54. The molecule has 2 aromatic heterocycles. The van der Waals surface area contributed by atoms with Crippen LogP contribution in [0.5, 0.6) is 0 Å². The van der Waals surface area contributed by atoms with Crippen molar-refractivity contribution < 1.29 is 19.1 Å². The number of carbonyl (C=O) groups is 2. The van der Waals surface area contributed by atoms with Crippen LogP contribution in [0.3, 0.4) is 0 Å². The van der Waals surface area contributed by atoms with Crippen molar-refractivity contribution in [2.75, 3.05) is 25.6 Å². The molecule has 29 heavy (non-hydrogen) atoms. The fourth-order valence-electron chi connectivity index (χ4n) is 2.54. The van der Waals surface area contributed by atoms with E-state index in [-0.39, 0.29) is 12.5 Å². The summed E-state index contributed by atoms with van der Waals surface area (Å²) in [5.41, 5.74) is 2.63. The number of methoxy groups -OCH3 is 1. The van der Waals surface area contributed by atoms with Gasteiger partial charge in [-0.15, -0.1) is 11.3 Å². The van der Waals surface area contributed by atoms with E-state index in [0.29, 0.717) is 33.3 Å².